The maximum atomic E-state index is 11.8. The molecule has 0 saturated heterocycles. The summed E-state index contributed by atoms with van der Waals surface area (Å²) in [6.07, 6.45) is -0.708. The van der Waals surface area contributed by atoms with E-state index in [1.54, 1.807) is 20.8 Å². The van der Waals surface area contributed by atoms with E-state index in [2.05, 4.69) is 31.0 Å². The van der Waals surface area contributed by atoms with Crippen molar-refractivity contribution in [1.29, 1.82) is 0 Å². The van der Waals surface area contributed by atoms with Crippen molar-refractivity contribution in [3.05, 3.63) is 0 Å². The Morgan fingerprint density at radius 1 is 1.14 bits per heavy atom. The average Bonchev–Trinajstić information content (AvgIpc) is 2.30. The van der Waals surface area contributed by atoms with Gasteiger partial charge in [-0.05, 0) is 47.5 Å². The van der Waals surface area contributed by atoms with Gasteiger partial charge in [-0.15, -0.1) is 0 Å². The lowest BCUT2D eigenvalue weighted by atomic mass is 10.0. The first-order valence-electron chi connectivity index (χ1n) is 7.83. The van der Waals surface area contributed by atoms with E-state index in [1.807, 2.05) is 13.8 Å². The number of ether oxygens (including phenoxy) is 1. The molecule has 0 aliphatic rings. The standard InChI is InChI=1S/C16H32N2O4/c1-10(2)12(5)18(11(3)4)9-13(14(19)20)17-15(21)22-16(6,7)8/h10-13H,9H2,1-8H3,(H,17,21)(H,19,20). The highest BCUT2D eigenvalue weighted by molar-refractivity contribution is 5.80. The summed E-state index contributed by atoms with van der Waals surface area (Å²) in [5.41, 5.74) is -0.657. The number of carbonyl (C=O) groups excluding carboxylic acids is 1. The quantitative estimate of drug-likeness (QED) is 0.755. The number of rotatable bonds is 7. The van der Waals surface area contributed by atoms with Crippen molar-refractivity contribution in [3.63, 3.8) is 0 Å². The van der Waals surface area contributed by atoms with E-state index in [-0.39, 0.29) is 18.6 Å². The summed E-state index contributed by atoms with van der Waals surface area (Å²) in [6, 6.07) is -0.611. The van der Waals surface area contributed by atoms with Crippen LogP contribution in [0.4, 0.5) is 4.79 Å². The first-order valence-corrected chi connectivity index (χ1v) is 7.83. The largest absolute Gasteiger partial charge is 0.480 e. The number of carbonyl (C=O) groups is 2. The second-order valence-corrected chi connectivity index (χ2v) is 7.31. The van der Waals surface area contributed by atoms with E-state index >= 15 is 0 Å². The van der Waals surface area contributed by atoms with Gasteiger partial charge in [-0.1, -0.05) is 13.8 Å². The number of hydrogen-bond acceptors (Lipinski definition) is 4. The van der Waals surface area contributed by atoms with Crippen LogP contribution in [-0.2, 0) is 9.53 Å². The lowest BCUT2D eigenvalue weighted by molar-refractivity contribution is -0.140. The molecule has 0 heterocycles. The smallest absolute Gasteiger partial charge is 0.408 e. The molecule has 6 nitrogen and oxygen atoms in total. The van der Waals surface area contributed by atoms with Gasteiger partial charge in [0.15, 0.2) is 0 Å². The molecule has 0 aromatic rings. The first-order chi connectivity index (χ1) is 9.85. The Morgan fingerprint density at radius 3 is 1.95 bits per heavy atom. The van der Waals surface area contributed by atoms with Gasteiger partial charge in [-0.3, -0.25) is 4.90 Å². The third-order valence-electron chi connectivity index (χ3n) is 3.53. The molecule has 2 unspecified atom stereocenters. The van der Waals surface area contributed by atoms with E-state index in [9.17, 15) is 14.7 Å². The molecule has 0 bridgehead atoms. The maximum absolute atomic E-state index is 11.8. The average molecular weight is 316 g/mol. The van der Waals surface area contributed by atoms with E-state index < -0.39 is 23.7 Å². The van der Waals surface area contributed by atoms with Crippen molar-refractivity contribution in [2.24, 2.45) is 5.92 Å². The minimum absolute atomic E-state index is 0.180. The maximum Gasteiger partial charge on any atom is 0.408 e. The highest BCUT2D eigenvalue weighted by Gasteiger charge is 2.29. The molecule has 0 fully saturated rings. The summed E-state index contributed by atoms with van der Waals surface area (Å²) < 4.78 is 5.14. The molecule has 0 saturated carbocycles. The van der Waals surface area contributed by atoms with E-state index in [4.69, 9.17) is 4.74 Å². The number of nitrogens with one attached hydrogen (secondary N) is 1. The number of aliphatic carboxylic acids is 1. The molecule has 2 N–H and O–H groups in total. The van der Waals surface area contributed by atoms with Crippen LogP contribution in [0.15, 0.2) is 0 Å². The van der Waals surface area contributed by atoms with E-state index in [0.717, 1.165) is 0 Å². The molecule has 6 heteroatoms. The van der Waals surface area contributed by atoms with Crippen molar-refractivity contribution in [1.82, 2.24) is 10.2 Å². The summed E-state index contributed by atoms with van der Waals surface area (Å²) >= 11 is 0. The summed E-state index contributed by atoms with van der Waals surface area (Å²) in [5, 5.41) is 11.8. The van der Waals surface area contributed by atoms with Crippen molar-refractivity contribution in [2.45, 2.75) is 79.1 Å². The Balaban J connectivity index is 4.95. The second kappa shape index (κ2) is 8.36. The van der Waals surface area contributed by atoms with Crippen molar-refractivity contribution in [3.8, 4) is 0 Å². The highest BCUT2D eigenvalue weighted by Crippen LogP contribution is 2.15. The first kappa shape index (κ1) is 20.7. The van der Waals surface area contributed by atoms with Crippen molar-refractivity contribution < 1.29 is 19.4 Å². The Labute approximate surface area is 134 Å². The van der Waals surface area contributed by atoms with Crippen LogP contribution >= 0.6 is 0 Å². The van der Waals surface area contributed by atoms with Crippen LogP contribution in [0, 0.1) is 5.92 Å². The van der Waals surface area contributed by atoms with Crippen molar-refractivity contribution in [2.75, 3.05) is 6.54 Å². The zero-order valence-corrected chi connectivity index (χ0v) is 15.1. The Kier molecular flexibility index (Phi) is 7.87. The molecule has 0 radical (unpaired) electrons. The van der Waals surface area contributed by atoms with Crippen LogP contribution in [0.5, 0.6) is 0 Å². The SMILES string of the molecule is CC(C)C(C)N(CC(NC(=O)OC(C)(C)C)C(=O)O)C(C)C. The predicted molar refractivity (Wildman–Crippen MR) is 86.9 cm³/mol. The Morgan fingerprint density at radius 2 is 1.64 bits per heavy atom. The second-order valence-electron chi connectivity index (χ2n) is 7.31. The van der Waals surface area contributed by atoms with Gasteiger partial charge in [0.1, 0.15) is 11.6 Å². The molecule has 0 spiro atoms. The molecular weight excluding hydrogens is 284 g/mol. The summed E-state index contributed by atoms with van der Waals surface area (Å²) in [6.45, 7) is 15.8. The molecule has 0 aromatic heterocycles. The van der Waals surface area contributed by atoms with E-state index in [1.165, 1.54) is 0 Å². The van der Waals surface area contributed by atoms with Crippen LogP contribution in [0.25, 0.3) is 0 Å². The lowest BCUT2D eigenvalue weighted by Crippen LogP contribution is -2.54. The van der Waals surface area contributed by atoms with Crippen LogP contribution in [0.2, 0.25) is 0 Å². The summed E-state index contributed by atoms with van der Waals surface area (Å²) in [4.78, 5) is 25.4. The third kappa shape index (κ3) is 7.64. The van der Waals surface area contributed by atoms with Gasteiger partial charge in [-0.2, -0.15) is 0 Å². The lowest BCUT2D eigenvalue weighted by Gasteiger charge is -2.37. The fraction of sp³-hybridized carbons (Fsp3) is 0.875. The summed E-state index contributed by atoms with van der Waals surface area (Å²) in [7, 11) is 0. The fourth-order valence-corrected chi connectivity index (χ4v) is 2.08. The molecule has 0 rings (SSSR count). The fourth-order valence-electron chi connectivity index (χ4n) is 2.08. The Bertz CT molecular complexity index is 375. The van der Waals surface area contributed by atoms with Gasteiger partial charge < -0.3 is 15.2 Å². The van der Waals surface area contributed by atoms with Gasteiger partial charge in [0.2, 0.25) is 0 Å². The molecule has 0 aromatic carbocycles. The number of amides is 1. The number of carboxylic acid groups (broad SMARTS) is 1. The van der Waals surface area contributed by atoms with Crippen LogP contribution < -0.4 is 5.32 Å². The molecular formula is C16H32N2O4. The van der Waals surface area contributed by atoms with E-state index in [0.29, 0.717) is 5.92 Å². The minimum Gasteiger partial charge on any atom is -0.480 e. The minimum atomic E-state index is -1.06. The van der Waals surface area contributed by atoms with Gasteiger partial charge in [0, 0.05) is 18.6 Å². The third-order valence-corrected chi connectivity index (χ3v) is 3.53. The van der Waals surface area contributed by atoms with Crippen LogP contribution in [-0.4, -0.2) is 52.3 Å². The molecule has 22 heavy (non-hydrogen) atoms. The molecule has 1 amide bonds. The van der Waals surface area contributed by atoms with Gasteiger partial charge in [0.05, 0.1) is 0 Å². The Hall–Kier alpha value is -1.30. The molecule has 0 aliphatic heterocycles. The van der Waals surface area contributed by atoms with Crippen LogP contribution in [0.3, 0.4) is 0 Å². The summed E-state index contributed by atoms with van der Waals surface area (Å²) in [5.74, 6) is -0.675. The number of alkyl carbamates (subject to hydrolysis) is 1. The van der Waals surface area contributed by atoms with Crippen molar-refractivity contribution >= 4 is 12.1 Å². The molecule has 130 valence electrons. The van der Waals surface area contributed by atoms with Gasteiger partial charge in [-0.25, -0.2) is 9.59 Å². The monoisotopic (exact) mass is 316 g/mol. The van der Waals surface area contributed by atoms with Gasteiger partial charge in [0.25, 0.3) is 0 Å². The zero-order chi connectivity index (χ0) is 17.7. The van der Waals surface area contributed by atoms with Gasteiger partial charge >= 0.3 is 12.1 Å². The highest BCUT2D eigenvalue weighted by atomic mass is 16.6. The number of hydrogen-bond donors (Lipinski definition) is 2. The molecule has 0 aliphatic carbocycles. The zero-order valence-electron chi connectivity index (χ0n) is 15.1. The predicted octanol–water partition coefficient (Wildman–Crippen LogP) is 2.72. The molecule has 2 atom stereocenters. The number of carboxylic acids is 1. The normalized spacial score (nSPS) is 15.0. The topological polar surface area (TPSA) is 78.9 Å². The van der Waals surface area contributed by atoms with Crippen LogP contribution in [0.1, 0.15) is 55.4 Å². The number of nitrogens with zero attached hydrogens (tertiary/aromatic N) is 1.